The third kappa shape index (κ3) is 3.57. The van der Waals surface area contributed by atoms with E-state index >= 15 is 0 Å². The first-order valence-electron chi connectivity index (χ1n) is 8.19. The van der Waals surface area contributed by atoms with Crippen LogP contribution in [0.2, 0.25) is 0 Å². The maximum absolute atomic E-state index is 11.1. The van der Waals surface area contributed by atoms with Gasteiger partial charge in [0.2, 0.25) is 0 Å². The molecule has 1 aromatic rings. The van der Waals surface area contributed by atoms with Crippen LogP contribution in [0.5, 0.6) is 0 Å². The van der Waals surface area contributed by atoms with E-state index in [1.165, 1.54) is 11.3 Å². The highest BCUT2D eigenvalue weighted by Crippen LogP contribution is 2.23. The Morgan fingerprint density at radius 2 is 2.09 bits per heavy atom. The van der Waals surface area contributed by atoms with Crippen molar-refractivity contribution in [3.8, 4) is 0 Å². The standard InChI is InChI=1S/C16H26N4O3/c1-11-15(12(2)18(3)17-11)7-20-5-13-4-19(8-16(21)22)6-14(20)10-23-9-13/h13-14H,4-10H2,1-3H3,(H,21,22)/t13-,14-/m0/s1. The number of aryl methyl sites for hydroxylation is 2. The van der Waals surface area contributed by atoms with Crippen molar-refractivity contribution in [1.82, 2.24) is 19.6 Å². The number of aromatic nitrogens is 2. The molecule has 0 amide bonds. The summed E-state index contributed by atoms with van der Waals surface area (Å²) < 4.78 is 7.74. The van der Waals surface area contributed by atoms with Gasteiger partial charge in [0.05, 0.1) is 25.5 Å². The summed E-state index contributed by atoms with van der Waals surface area (Å²) >= 11 is 0. The third-order valence-electron chi connectivity index (χ3n) is 5.04. The lowest BCUT2D eigenvalue weighted by atomic mass is 10.1. The molecule has 0 aliphatic carbocycles. The molecule has 2 aliphatic rings. The second-order valence-corrected chi connectivity index (χ2v) is 6.85. The van der Waals surface area contributed by atoms with Gasteiger partial charge in [-0.3, -0.25) is 19.3 Å². The molecule has 1 N–H and O–H groups in total. The molecule has 0 aromatic carbocycles. The Kier molecular flexibility index (Phi) is 4.70. The summed E-state index contributed by atoms with van der Waals surface area (Å²) in [5.74, 6) is -0.393. The minimum absolute atomic E-state index is 0.117. The van der Waals surface area contributed by atoms with Crippen LogP contribution in [0.15, 0.2) is 0 Å². The van der Waals surface area contributed by atoms with E-state index in [2.05, 4.69) is 28.7 Å². The zero-order valence-electron chi connectivity index (χ0n) is 14.2. The Morgan fingerprint density at radius 1 is 1.30 bits per heavy atom. The Balaban J connectivity index is 1.78. The van der Waals surface area contributed by atoms with Gasteiger partial charge < -0.3 is 9.84 Å². The molecule has 0 saturated carbocycles. The second kappa shape index (κ2) is 6.59. The minimum Gasteiger partial charge on any atom is -0.480 e. The first-order valence-corrected chi connectivity index (χ1v) is 8.19. The van der Waals surface area contributed by atoms with Gasteiger partial charge in [0.15, 0.2) is 0 Å². The minimum atomic E-state index is -0.753. The molecule has 2 fully saturated rings. The normalized spacial score (nSPS) is 26.2. The van der Waals surface area contributed by atoms with Crippen LogP contribution in [0.25, 0.3) is 0 Å². The van der Waals surface area contributed by atoms with Crippen molar-refractivity contribution in [2.45, 2.75) is 26.4 Å². The van der Waals surface area contributed by atoms with E-state index in [1.54, 1.807) is 0 Å². The summed E-state index contributed by atoms with van der Waals surface area (Å²) in [6.45, 7) is 9.02. The number of ether oxygens (including phenoxy) is 1. The summed E-state index contributed by atoms with van der Waals surface area (Å²) in [6.07, 6.45) is 0. The molecule has 128 valence electrons. The van der Waals surface area contributed by atoms with Crippen LogP contribution in [0.4, 0.5) is 0 Å². The van der Waals surface area contributed by atoms with Crippen molar-refractivity contribution in [3.05, 3.63) is 17.0 Å². The summed E-state index contributed by atoms with van der Waals surface area (Å²) in [7, 11) is 1.98. The van der Waals surface area contributed by atoms with E-state index in [1.807, 2.05) is 11.7 Å². The number of rotatable bonds is 4. The van der Waals surface area contributed by atoms with E-state index in [-0.39, 0.29) is 12.6 Å². The van der Waals surface area contributed by atoms with Crippen molar-refractivity contribution in [3.63, 3.8) is 0 Å². The fourth-order valence-electron chi connectivity index (χ4n) is 3.79. The van der Waals surface area contributed by atoms with Crippen LogP contribution in [0.1, 0.15) is 17.0 Å². The molecule has 23 heavy (non-hydrogen) atoms. The van der Waals surface area contributed by atoms with Gasteiger partial charge in [0.1, 0.15) is 0 Å². The number of carboxylic acid groups (broad SMARTS) is 1. The van der Waals surface area contributed by atoms with Crippen LogP contribution in [-0.2, 0) is 23.1 Å². The Labute approximate surface area is 136 Å². The van der Waals surface area contributed by atoms with Gasteiger partial charge in [0, 0.05) is 56.4 Å². The summed E-state index contributed by atoms with van der Waals surface area (Å²) in [4.78, 5) is 15.6. The lowest BCUT2D eigenvalue weighted by Crippen LogP contribution is -2.45. The highest BCUT2D eigenvalue weighted by atomic mass is 16.5. The molecule has 0 radical (unpaired) electrons. The molecular formula is C16H26N4O3. The molecule has 3 heterocycles. The van der Waals surface area contributed by atoms with Gasteiger partial charge in [-0.05, 0) is 13.8 Å². The van der Waals surface area contributed by atoms with Crippen molar-refractivity contribution in [2.75, 3.05) is 39.4 Å². The Morgan fingerprint density at radius 3 is 2.74 bits per heavy atom. The molecule has 0 unspecified atom stereocenters. The molecule has 7 nitrogen and oxygen atoms in total. The van der Waals surface area contributed by atoms with E-state index in [0.29, 0.717) is 19.1 Å². The van der Waals surface area contributed by atoms with Gasteiger partial charge in [-0.1, -0.05) is 0 Å². The number of aliphatic carboxylic acids is 1. The lowest BCUT2D eigenvalue weighted by Gasteiger charge is -2.30. The molecule has 2 bridgehead atoms. The summed E-state index contributed by atoms with van der Waals surface area (Å²) in [6, 6.07) is 0.237. The predicted octanol–water partition coefficient (Wildman–Crippen LogP) is 0.254. The molecule has 2 saturated heterocycles. The van der Waals surface area contributed by atoms with Gasteiger partial charge >= 0.3 is 5.97 Å². The largest absolute Gasteiger partial charge is 0.480 e. The van der Waals surface area contributed by atoms with Gasteiger partial charge in [-0.2, -0.15) is 5.10 Å². The van der Waals surface area contributed by atoms with Crippen LogP contribution in [0.3, 0.4) is 0 Å². The van der Waals surface area contributed by atoms with Crippen molar-refractivity contribution >= 4 is 5.97 Å². The van der Waals surface area contributed by atoms with Crippen LogP contribution < -0.4 is 0 Å². The average Bonchev–Trinajstić information content (AvgIpc) is 2.62. The van der Waals surface area contributed by atoms with E-state index in [9.17, 15) is 4.79 Å². The zero-order chi connectivity index (χ0) is 16.6. The monoisotopic (exact) mass is 322 g/mol. The van der Waals surface area contributed by atoms with Crippen molar-refractivity contribution < 1.29 is 14.6 Å². The fourth-order valence-corrected chi connectivity index (χ4v) is 3.79. The molecular weight excluding hydrogens is 296 g/mol. The van der Waals surface area contributed by atoms with Crippen LogP contribution in [-0.4, -0.2) is 76.1 Å². The lowest BCUT2D eigenvalue weighted by molar-refractivity contribution is -0.138. The molecule has 2 aliphatic heterocycles. The van der Waals surface area contributed by atoms with E-state index in [4.69, 9.17) is 9.84 Å². The second-order valence-electron chi connectivity index (χ2n) is 6.85. The third-order valence-corrected chi connectivity index (χ3v) is 5.04. The SMILES string of the molecule is Cc1nn(C)c(C)c1CN1C[C@H]2COC[C@@H]1CN(CC(=O)O)C2. The quantitative estimate of drug-likeness (QED) is 0.857. The fraction of sp³-hybridized carbons (Fsp3) is 0.750. The van der Waals surface area contributed by atoms with Gasteiger partial charge in [-0.15, -0.1) is 0 Å². The topological polar surface area (TPSA) is 70.8 Å². The summed E-state index contributed by atoms with van der Waals surface area (Å²) in [5.41, 5.74) is 3.56. The van der Waals surface area contributed by atoms with Gasteiger partial charge in [0.25, 0.3) is 0 Å². The number of carboxylic acids is 1. The van der Waals surface area contributed by atoms with Gasteiger partial charge in [-0.25, -0.2) is 0 Å². The van der Waals surface area contributed by atoms with Crippen LogP contribution >= 0.6 is 0 Å². The number of fused-ring (bicyclic) bond motifs is 3. The first-order chi connectivity index (χ1) is 10.9. The maximum Gasteiger partial charge on any atom is 0.317 e. The molecule has 1 aromatic heterocycles. The zero-order valence-corrected chi connectivity index (χ0v) is 14.2. The highest BCUT2D eigenvalue weighted by Gasteiger charge is 2.34. The maximum atomic E-state index is 11.1. The number of hydrogen-bond acceptors (Lipinski definition) is 5. The molecule has 3 rings (SSSR count). The van der Waals surface area contributed by atoms with E-state index < -0.39 is 5.97 Å². The predicted molar refractivity (Wildman–Crippen MR) is 85.3 cm³/mol. The Hall–Kier alpha value is -1.44. The highest BCUT2D eigenvalue weighted by molar-refractivity contribution is 5.69. The molecule has 7 heteroatoms. The summed E-state index contributed by atoms with van der Waals surface area (Å²) in [5, 5.41) is 13.6. The average molecular weight is 322 g/mol. The van der Waals surface area contributed by atoms with Crippen LogP contribution in [0, 0.1) is 19.8 Å². The van der Waals surface area contributed by atoms with E-state index in [0.717, 1.165) is 31.9 Å². The Bertz CT molecular complexity index is 586. The molecule has 2 atom stereocenters. The first kappa shape index (κ1) is 16.4. The number of nitrogens with zero attached hydrogens (tertiary/aromatic N) is 4. The number of carbonyl (C=O) groups is 1. The smallest absolute Gasteiger partial charge is 0.317 e. The van der Waals surface area contributed by atoms with Crippen molar-refractivity contribution in [2.24, 2.45) is 13.0 Å². The van der Waals surface area contributed by atoms with Crippen molar-refractivity contribution in [1.29, 1.82) is 0 Å². The molecule has 0 spiro atoms. The number of hydrogen-bond donors (Lipinski definition) is 1.